The number of para-hydroxylation sites is 5. The molecule has 0 amide bonds. The minimum absolute atomic E-state index is 0.363. The van der Waals surface area contributed by atoms with Crippen LogP contribution in [0.4, 0.5) is 40.2 Å². The van der Waals surface area contributed by atoms with Crippen molar-refractivity contribution in [3.05, 3.63) is 230 Å². The number of oxazole rings is 1. The normalized spacial score (nSPS) is 16.2. The van der Waals surface area contributed by atoms with Gasteiger partial charge >= 0.3 is 11.5 Å². The van der Waals surface area contributed by atoms with Crippen molar-refractivity contribution in [2.24, 2.45) is 63.4 Å². The molecule has 28 heteroatoms. The van der Waals surface area contributed by atoms with Gasteiger partial charge in [-0.25, -0.2) is 46.9 Å². The second-order valence-electron chi connectivity index (χ2n) is 36.2. The maximum atomic E-state index is 5.33. The summed E-state index contributed by atoms with van der Waals surface area (Å²) in [4.78, 5) is 35.6. The smallest absolute Gasteiger partial charge is 0.346 e. The molecule has 0 saturated carbocycles. The number of aryl methyl sites for hydroxylation is 14. The third-order valence-corrected chi connectivity index (χ3v) is 34.3. The van der Waals surface area contributed by atoms with Gasteiger partial charge in [0.2, 0.25) is 17.7 Å². The summed E-state index contributed by atoms with van der Waals surface area (Å²) in [6.45, 7) is 57.0. The molecule has 0 fully saturated rings. The SMILES string of the molecule is CCC1=[N+](C)C=C[Si]1(C)C.CCC1=[N+](C)c2ccccc2[Si]1(C)C.CCN1C=CN(C)[C@@H]1C.CCN1c2ccccc2N(C)[C@@H]1C.CCN1c2ncccc2N(C)[C@@H]1C.CCN1c2nccnc2N(C)[C@@H]1C.CCc1n(C)c2ccccc2[n+]1C.CCc1n(C)c2cccnc2[n+]1C.CCc1n(C)cc[n+]1C.CCc1oc(C)c[n+]1C.CCn1c(C)cc[n+]1C.CCn1cc(C)c[n+]1C. The lowest BCUT2D eigenvalue weighted by Crippen LogP contribution is -2.46. The minimum Gasteiger partial charge on any atom is -0.407 e. The molecule has 18 rings (SSSR count). The largest absolute Gasteiger partial charge is 0.407 e. The van der Waals surface area contributed by atoms with E-state index < -0.39 is 16.1 Å². The number of rotatable bonds is 12. The van der Waals surface area contributed by atoms with Gasteiger partial charge in [-0.3, -0.25) is 4.57 Å². The molecule has 6 aliphatic heterocycles. The van der Waals surface area contributed by atoms with Crippen LogP contribution in [0.2, 0.25) is 26.2 Å². The van der Waals surface area contributed by atoms with Crippen molar-refractivity contribution in [1.82, 2.24) is 52.8 Å². The number of aromatic nitrogens is 15. The van der Waals surface area contributed by atoms with Gasteiger partial charge in [0.25, 0.3) is 11.6 Å². The first-order valence-electron chi connectivity index (χ1n) is 48.8. The first-order valence-corrected chi connectivity index (χ1v) is 54.9. The number of benzene rings is 3. The van der Waals surface area contributed by atoms with Gasteiger partial charge in [0.05, 0.1) is 109 Å². The van der Waals surface area contributed by atoms with Gasteiger partial charge in [-0.15, -0.1) is 14.3 Å². The molecule has 15 heterocycles. The van der Waals surface area contributed by atoms with Gasteiger partial charge in [0, 0.05) is 147 Å². The molecular weight excluding hydrogens is 1700 g/mol. The fraction of sp³-hybridized carbons (Fsp3) is 0.509. The van der Waals surface area contributed by atoms with Crippen molar-refractivity contribution in [1.29, 1.82) is 0 Å². The summed E-state index contributed by atoms with van der Waals surface area (Å²) in [6, 6.07) is 36.2. The molecule has 0 radical (unpaired) electrons. The molecule has 4 atom stereocenters. The van der Waals surface area contributed by atoms with Crippen LogP contribution in [0.15, 0.2) is 194 Å². The highest BCUT2D eigenvalue weighted by Gasteiger charge is 2.45. The van der Waals surface area contributed by atoms with E-state index in [4.69, 9.17) is 4.42 Å². The average Bonchev–Trinajstić information content (AvgIpc) is 1.60. The van der Waals surface area contributed by atoms with E-state index in [0.717, 1.165) is 99.7 Å². The van der Waals surface area contributed by atoms with Crippen LogP contribution in [0, 0.1) is 20.8 Å². The Hall–Kier alpha value is -11.5. The summed E-state index contributed by atoms with van der Waals surface area (Å²) in [6.07, 6.45) is 34.4. The van der Waals surface area contributed by atoms with Crippen LogP contribution in [0.3, 0.4) is 0 Å². The summed E-state index contributed by atoms with van der Waals surface area (Å²) in [5.41, 5.74) is 15.3. The fourth-order valence-corrected chi connectivity index (χ4v) is 25.4. The Balaban J connectivity index is 0.000000200. The number of fused-ring (bicyclic) bond motifs is 6. The van der Waals surface area contributed by atoms with E-state index in [9.17, 15) is 0 Å². The number of pyridine rings is 2. The molecule has 6 aliphatic rings. The molecule has 9 aromatic heterocycles. The Labute approximate surface area is 808 Å². The maximum absolute atomic E-state index is 5.33. The van der Waals surface area contributed by atoms with Crippen molar-refractivity contribution < 1.29 is 41.2 Å². The molecule has 26 nitrogen and oxygen atoms in total. The van der Waals surface area contributed by atoms with Gasteiger partial charge < -0.3 is 43.6 Å². The van der Waals surface area contributed by atoms with Crippen LogP contribution in [0.1, 0.15) is 164 Å². The van der Waals surface area contributed by atoms with Gasteiger partial charge in [0.15, 0.2) is 88.6 Å². The molecule has 0 unspecified atom stereocenters. The van der Waals surface area contributed by atoms with E-state index in [0.29, 0.717) is 24.7 Å². The number of anilines is 6. The molecule has 3 aromatic carbocycles. The number of hydrogen-bond donors (Lipinski definition) is 0. The summed E-state index contributed by atoms with van der Waals surface area (Å²) in [7, 11) is 29.0. The standard InChI is InChI=1S/C12H18NSi.C11H15N2.C11H16N2.C10H14N3.C10H15N3.C9H14N4.C8H16NSi.2C7H13N2.C7H14N2.C7H13N2.C7H12NO/c1-5-12-13(2)10-8-6-7-9-11(10)14(12,3)4;1-4-11-12(2)9-7-5-6-8-10(9)13(11)3;1-4-13-9(2)12(3)10-7-5-6-8-11(10)13;1-4-9-12(2)8-6-5-7-11-10(8)13(9)3;1-4-13-8(2)12(3)9-6-5-7-11-10(9)13;1-4-13-7(2)12(3)8-9(13)11-6-5-10-8;1-5-8-9(2)6-7-10(8,3)4;1-4-9-6-7(2)5-8(9)3;1-4-7-8(2)5-6-9(7)3;1-4-9-6-5-8(3)7(9)2;1-4-9-7(2)5-6-8(9)3;1-4-7-8(3)5-6(2)9-7/h6-9H,5H2,1-4H3;5-8H,4H2,1-3H3;5-9H,4H2,1-3H3;5-7H,4H2,1-3H3;5-8H,4H2,1-3H3;5-7H,4H2,1-3H3;6-7H,5H2,1-4H3;2*5-6H,4H2,1-3H3;5-7H,4H2,1-3H3;5-6H,4H2,1-3H3;5H,4H2,1-3H3/q2*+1;;+1;;;3*+1;;2*+1/t;;9-;;8-;7-;;;;7-;;/m..0.00...0../s1. The Morgan fingerprint density at radius 2 is 0.978 bits per heavy atom. The van der Waals surface area contributed by atoms with Crippen molar-refractivity contribution in [2.75, 3.05) is 97.9 Å². The number of nitrogens with zero attached hydrogens (tertiary/aromatic N) is 25. The topological polar surface area (TPSA) is 145 Å². The van der Waals surface area contributed by atoms with E-state index >= 15 is 0 Å². The van der Waals surface area contributed by atoms with Crippen LogP contribution in [-0.2, 0) is 102 Å². The first kappa shape index (κ1) is 109. The van der Waals surface area contributed by atoms with E-state index in [1.807, 2.05) is 56.3 Å². The second kappa shape index (κ2) is 50.7. The van der Waals surface area contributed by atoms with Crippen molar-refractivity contribution in [3.8, 4) is 0 Å². The van der Waals surface area contributed by atoms with Crippen LogP contribution in [-0.4, -0.2) is 182 Å². The summed E-state index contributed by atoms with van der Waals surface area (Å²) < 4.78 is 33.7. The van der Waals surface area contributed by atoms with Crippen LogP contribution in [0.5, 0.6) is 0 Å². The van der Waals surface area contributed by atoms with Gasteiger partial charge in [-0.05, 0) is 137 Å². The van der Waals surface area contributed by atoms with Crippen LogP contribution < -0.4 is 62.2 Å². The lowest BCUT2D eigenvalue weighted by atomic mass is 10.2. The van der Waals surface area contributed by atoms with Crippen LogP contribution in [0.25, 0.3) is 22.2 Å². The zero-order chi connectivity index (χ0) is 99.5. The molecular formula is C106H173N25OSi2+8. The zero-order valence-electron chi connectivity index (χ0n) is 89.8. The van der Waals surface area contributed by atoms with E-state index in [2.05, 4.69) is 503 Å². The highest BCUT2D eigenvalue weighted by Crippen LogP contribution is 2.39. The highest BCUT2D eigenvalue weighted by molar-refractivity contribution is 7.14. The molecule has 728 valence electrons. The monoisotopic (exact) mass is 1870 g/mol. The van der Waals surface area contributed by atoms with Crippen LogP contribution >= 0.6 is 0 Å². The van der Waals surface area contributed by atoms with E-state index in [-0.39, 0.29) is 0 Å². The number of hydrogen-bond acceptors (Lipinski definition) is 13. The minimum atomic E-state index is -1.31. The molecule has 0 bridgehead atoms. The van der Waals surface area contributed by atoms with Crippen molar-refractivity contribution in [2.45, 2.75) is 234 Å². The summed E-state index contributed by atoms with van der Waals surface area (Å²) in [5, 5.41) is 4.89. The maximum Gasteiger partial charge on any atom is 0.346 e. The molecule has 0 saturated heterocycles. The van der Waals surface area contributed by atoms with E-state index in [1.54, 1.807) is 28.3 Å². The quantitative estimate of drug-likeness (QED) is 0.0846. The van der Waals surface area contributed by atoms with Gasteiger partial charge in [0.1, 0.15) is 56.6 Å². The predicted octanol–water partition coefficient (Wildman–Crippen LogP) is 15.4. The molecule has 12 aromatic rings. The fourth-order valence-electron chi connectivity index (χ4n) is 19.2. The highest BCUT2D eigenvalue weighted by atomic mass is 28.3. The van der Waals surface area contributed by atoms with Gasteiger partial charge in [-0.1, -0.05) is 110 Å². The lowest BCUT2D eigenvalue weighted by molar-refractivity contribution is -0.753. The Kier molecular flexibility index (Phi) is 41.4. The zero-order valence-corrected chi connectivity index (χ0v) is 91.8. The van der Waals surface area contributed by atoms with Crippen molar-refractivity contribution >= 4 is 94.4 Å². The third kappa shape index (κ3) is 25.9. The summed E-state index contributed by atoms with van der Waals surface area (Å²) in [5.74, 6) is 9.13. The van der Waals surface area contributed by atoms with E-state index in [1.165, 1.54) is 80.9 Å². The molecule has 0 aliphatic carbocycles. The average molecular weight is 1870 g/mol. The first-order chi connectivity index (χ1) is 63.7. The summed E-state index contributed by atoms with van der Waals surface area (Å²) >= 11 is 0. The predicted molar refractivity (Wildman–Crippen MR) is 564 cm³/mol. The molecule has 134 heavy (non-hydrogen) atoms. The Morgan fingerprint density at radius 1 is 0.440 bits per heavy atom. The van der Waals surface area contributed by atoms with Gasteiger partial charge in [-0.2, -0.15) is 13.9 Å². The third-order valence-electron chi connectivity index (χ3n) is 27.2. The van der Waals surface area contributed by atoms with Crippen molar-refractivity contribution in [3.63, 3.8) is 0 Å². The molecule has 0 N–H and O–H groups in total. The Bertz CT molecular complexity index is 5390. The molecule has 0 spiro atoms. The Morgan fingerprint density at radius 3 is 1.43 bits per heavy atom. The second-order valence-corrected chi connectivity index (χ2v) is 44.9. The number of imidazole rings is 3. The lowest BCUT2D eigenvalue weighted by Gasteiger charge is -2.26.